The molecule has 0 saturated heterocycles. The Morgan fingerprint density at radius 1 is 1.15 bits per heavy atom. The SMILES string of the molecule is Cc1noc(C)c1CCc1cc(=O)n2[nH]c(-c3ccc(F)cc3)cc2n1. The van der Waals surface area contributed by atoms with Gasteiger partial charge in [-0.05, 0) is 56.5 Å². The van der Waals surface area contributed by atoms with Gasteiger partial charge in [0.25, 0.3) is 5.56 Å². The molecule has 3 heterocycles. The van der Waals surface area contributed by atoms with Gasteiger partial charge in [-0.2, -0.15) is 0 Å². The molecule has 7 heteroatoms. The molecule has 26 heavy (non-hydrogen) atoms. The van der Waals surface area contributed by atoms with Crippen LogP contribution < -0.4 is 5.56 Å². The van der Waals surface area contributed by atoms with Crippen LogP contribution in [0.4, 0.5) is 4.39 Å². The third-order valence-electron chi connectivity index (χ3n) is 4.47. The van der Waals surface area contributed by atoms with Gasteiger partial charge in [0, 0.05) is 23.4 Å². The lowest BCUT2D eigenvalue weighted by molar-refractivity contribution is 0.392. The van der Waals surface area contributed by atoms with E-state index in [-0.39, 0.29) is 11.4 Å². The van der Waals surface area contributed by atoms with E-state index in [1.165, 1.54) is 22.7 Å². The van der Waals surface area contributed by atoms with Crippen molar-refractivity contribution in [3.63, 3.8) is 0 Å². The average molecular weight is 352 g/mol. The summed E-state index contributed by atoms with van der Waals surface area (Å²) in [5, 5.41) is 6.96. The number of fused-ring (bicyclic) bond motifs is 1. The number of halogens is 1. The lowest BCUT2D eigenvalue weighted by Crippen LogP contribution is -2.15. The number of rotatable bonds is 4. The molecule has 3 aromatic heterocycles. The number of H-pyrrole nitrogens is 1. The van der Waals surface area contributed by atoms with E-state index in [0.717, 1.165) is 22.6 Å². The molecular formula is C19H17FN4O2. The number of aromatic amines is 1. The number of aromatic nitrogens is 4. The summed E-state index contributed by atoms with van der Waals surface area (Å²) in [6.07, 6.45) is 1.32. The summed E-state index contributed by atoms with van der Waals surface area (Å²) >= 11 is 0. The number of hydrogen-bond donors (Lipinski definition) is 1. The predicted octanol–water partition coefficient (Wildman–Crippen LogP) is 3.22. The van der Waals surface area contributed by atoms with Gasteiger partial charge >= 0.3 is 0 Å². The van der Waals surface area contributed by atoms with Crippen molar-refractivity contribution >= 4 is 5.65 Å². The third-order valence-corrected chi connectivity index (χ3v) is 4.47. The lowest BCUT2D eigenvalue weighted by atomic mass is 10.1. The van der Waals surface area contributed by atoms with Crippen LogP contribution in [0.3, 0.4) is 0 Å². The van der Waals surface area contributed by atoms with E-state index in [2.05, 4.69) is 15.2 Å². The Kier molecular flexibility index (Phi) is 3.91. The minimum Gasteiger partial charge on any atom is -0.361 e. The van der Waals surface area contributed by atoms with Crippen molar-refractivity contribution in [1.29, 1.82) is 0 Å². The molecule has 0 fully saturated rings. The number of benzene rings is 1. The van der Waals surface area contributed by atoms with Crippen molar-refractivity contribution in [2.75, 3.05) is 0 Å². The number of aryl methyl sites for hydroxylation is 3. The van der Waals surface area contributed by atoms with Gasteiger partial charge in [-0.1, -0.05) is 5.16 Å². The van der Waals surface area contributed by atoms with Crippen LogP contribution in [0.2, 0.25) is 0 Å². The second-order valence-electron chi connectivity index (χ2n) is 6.26. The highest BCUT2D eigenvalue weighted by Crippen LogP contribution is 2.19. The summed E-state index contributed by atoms with van der Waals surface area (Å²) in [5.74, 6) is 0.488. The van der Waals surface area contributed by atoms with E-state index in [0.29, 0.717) is 29.9 Å². The second kappa shape index (κ2) is 6.25. The Balaban J connectivity index is 1.65. The maximum absolute atomic E-state index is 13.1. The molecule has 1 N–H and O–H groups in total. The van der Waals surface area contributed by atoms with Gasteiger partial charge in [0.2, 0.25) is 0 Å². The van der Waals surface area contributed by atoms with E-state index >= 15 is 0 Å². The summed E-state index contributed by atoms with van der Waals surface area (Å²) in [5.41, 5.74) is 4.46. The number of nitrogens with one attached hydrogen (secondary N) is 1. The fourth-order valence-corrected chi connectivity index (χ4v) is 3.06. The topological polar surface area (TPSA) is 76.2 Å². The van der Waals surface area contributed by atoms with Crippen molar-refractivity contribution in [2.45, 2.75) is 26.7 Å². The zero-order valence-corrected chi connectivity index (χ0v) is 14.4. The number of hydrogen-bond acceptors (Lipinski definition) is 4. The van der Waals surface area contributed by atoms with E-state index in [9.17, 15) is 9.18 Å². The van der Waals surface area contributed by atoms with Crippen LogP contribution in [0.5, 0.6) is 0 Å². The molecule has 0 atom stereocenters. The van der Waals surface area contributed by atoms with Gasteiger partial charge in [-0.3, -0.25) is 9.89 Å². The quantitative estimate of drug-likeness (QED) is 0.612. The minimum atomic E-state index is -0.304. The molecule has 6 nitrogen and oxygen atoms in total. The monoisotopic (exact) mass is 352 g/mol. The Bertz CT molecular complexity index is 1120. The molecule has 0 aliphatic heterocycles. The van der Waals surface area contributed by atoms with Gasteiger partial charge in [0.1, 0.15) is 11.6 Å². The smallest absolute Gasteiger partial charge is 0.272 e. The van der Waals surface area contributed by atoms with Crippen molar-refractivity contribution in [3.05, 3.63) is 75.3 Å². The first-order valence-corrected chi connectivity index (χ1v) is 8.30. The maximum Gasteiger partial charge on any atom is 0.272 e. The van der Waals surface area contributed by atoms with Crippen LogP contribution in [0.1, 0.15) is 22.7 Å². The van der Waals surface area contributed by atoms with Crippen molar-refractivity contribution in [2.24, 2.45) is 0 Å². The highest BCUT2D eigenvalue weighted by molar-refractivity contribution is 5.63. The van der Waals surface area contributed by atoms with Crippen LogP contribution in [-0.2, 0) is 12.8 Å². The van der Waals surface area contributed by atoms with Crippen LogP contribution >= 0.6 is 0 Å². The lowest BCUT2D eigenvalue weighted by Gasteiger charge is -2.01. The van der Waals surface area contributed by atoms with E-state index in [1.54, 1.807) is 18.2 Å². The van der Waals surface area contributed by atoms with Gasteiger partial charge in [-0.25, -0.2) is 13.9 Å². The van der Waals surface area contributed by atoms with E-state index in [1.807, 2.05) is 13.8 Å². The molecule has 0 spiro atoms. The summed E-state index contributed by atoms with van der Waals surface area (Å²) < 4.78 is 19.7. The molecule has 1 aromatic carbocycles. The van der Waals surface area contributed by atoms with Crippen LogP contribution in [-0.4, -0.2) is 19.8 Å². The summed E-state index contributed by atoms with van der Waals surface area (Å²) in [6, 6.07) is 9.38. The van der Waals surface area contributed by atoms with Crippen molar-refractivity contribution in [1.82, 2.24) is 19.8 Å². The predicted molar refractivity (Wildman–Crippen MR) is 94.6 cm³/mol. The summed E-state index contributed by atoms with van der Waals surface area (Å²) in [7, 11) is 0. The molecular weight excluding hydrogens is 335 g/mol. The molecule has 0 aliphatic rings. The first kappa shape index (κ1) is 16.3. The minimum absolute atomic E-state index is 0.183. The molecule has 132 valence electrons. The number of nitrogens with zero attached hydrogens (tertiary/aromatic N) is 3. The maximum atomic E-state index is 13.1. The van der Waals surface area contributed by atoms with Gasteiger partial charge in [-0.15, -0.1) is 0 Å². The molecule has 4 rings (SSSR count). The molecule has 0 saturated carbocycles. The highest BCUT2D eigenvalue weighted by atomic mass is 19.1. The molecule has 0 aliphatic carbocycles. The standard InChI is InChI=1S/C19H17FN4O2/c1-11-16(12(2)26-23-11)8-7-15-9-19(25)24-18(21-15)10-17(22-24)13-3-5-14(20)6-4-13/h3-6,9-10,22H,7-8H2,1-2H3. The van der Waals surface area contributed by atoms with Crippen LogP contribution in [0.25, 0.3) is 16.9 Å². The summed E-state index contributed by atoms with van der Waals surface area (Å²) in [6.45, 7) is 3.78. The Morgan fingerprint density at radius 2 is 1.92 bits per heavy atom. The Morgan fingerprint density at radius 3 is 2.62 bits per heavy atom. The van der Waals surface area contributed by atoms with E-state index < -0.39 is 0 Å². The Labute approximate surface area is 148 Å². The van der Waals surface area contributed by atoms with Crippen molar-refractivity contribution in [3.8, 4) is 11.3 Å². The fourth-order valence-electron chi connectivity index (χ4n) is 3.06. The second-order valence-corrected chi connectivity index (χ2v) is 6.26. The van der Waals surface area contributed by atoms with Crippen molar-refractivity contribution < 1.29 is 8.91 Å². The molecule has 0 bridgehead atoms. The molecule has 4 aromatic rings. The average Bonchev–Trinajstić information content (AvgIpc) is 3.18. The molecule has 0 radical (unpaired) electrons. The zero-order chi connectivity index (χ0) is 18.3. The normalized spacial score (nSPS) is 11.3. The first-order valence-electron chi connectivity index (χ1n) is 8.30. The first-order chi connectivity index (χ1) is 12.5. The van der Waals surface area contributed by atoms with E-state index in [4.69, 9.17) is 4.52 Å². The van der Waals surface area contributed by atoms with Gasteiger partial charge < -0.3 is 4.52 Å². The third kappa shape index (κ3) is 2.92. The highest BCUT2D eigenvalue weighted by Gasteiger charge is 2.12. The molecule has 0 amide bonds. The summed E-state index contributed by atoms with van der Waals surface area (Å²) in [4.78, 5) is 17.0. The molecule has 0 unspecified atom stereocenters. The van der Waals surface area contributed by atoms with Crippen LogP contribution in [0.15, 0.2) is 45.7 Å². The zero-order valence-electron chi connectivity index (χ0n) is 14.4. The Hall–Kier alpha value is -3.22. The van der Waals surface area contributed by atoms with Crippen LogP contribution in [0, 0.1) is 19.7 Å². The van der Waals surface area contributed by atoms with Gasteiger partial charge in [0.05, 0.1) is 11.4 Å². The largest absolute Gasteiger partial charge is 0.361 e. The fraction of sp³-hybridized carbons (Fsp3) is 0.211. The van der Waals surface area contributed by atoms with Gasteiger partial charge in [0.15, 0.2) is 5.65 Å².